The molecular weight excluding hydrogens is 371 g/mol. The van der Waals surface area contributed by atoms with Crippen molar-refractivity contribution in [2.45, 2.75) is 39.8 Å². The molecule has 0 spiro atoms. The van der Waals surface area contributed by atoms with Crippen molar-refractivity contribution in [1.29, 1.82) is 0 Å². The lowest BCUT2D eigenvalue weighted by atomic mass is 10.1. The molecule has 2 aromatic rings. The number of anilines is 1. The van der Waals surface area contributed by atoms with Crippen molar-refractivity contribution >= 4 is 17.6 Å². The molecule has 156 valence electrons. The number of benzene rings is 2. The van der Waals surface area contributed by atoms with E-state index in [-0.39, 0.29) is 35.3 Å². The smallest absolute Gasteiger partial charge is 0.362 e. The highest BCUT2D eigenvalue weighted by Crippen LogP contribution is 2.23. The lowest BCUT2D eigenvalue weighted by Gasteiger charge is -2.35. The average Bonchev–Trinajstić information content (AvgIpc) is 2.63. The molecule has 1 amide bonds. The lowest BCUT2D eigenvalue weighted by Crippen LogP contribution is -2.56. The molecule has 1 N–H and O–H groups in total. The first-order valence-corrected chi connectivity index (χ1v) is 9.74. The standard InChI is InChI=1S/C23H29FN2O3/c1-6-20(23(28)25-22-16(2)12-19(24)13-17(22)3)26(4,5)14-21(27)29-15-18-10-8-7-9-11-18/h7-13,20H,6,14-15H2,1-5H3/p+1. The lowest BCUT2D eigenvalue weighted by molar-refractivity contribution is -0.898. The van der Waals surface area contributed by atoms with E-state index in [1.165, 1.54) is 12.1 Å². The van der Waals surface area contributed by atoms with E-state index in [9.17, 15) is 14.0 Å². The number of ether oxygens (including phenoxy) is 1. The summed E-state index contributed by atoms with van der Waals surface area (Å²) in [6, 6.07) is 11.8. The van der Waals surface area contributed by atoms with Crippen LogP contribution < -0.4 is 5.32 Å². The molecule has 0 radical (unpaired) electrons. The van der Waals surface area contributed by atoms with E-state index < -0.39 is 6.04 Å². The number of nitrogens with zero attached hydrogens (tertiary/aromatic N) is 1. The van der Waals surface area contributed by atoms with Crippen molar-refractivity contribution in [1.82, 2.24) is 0 Å². The van der Waals surface area contributed by atoms with Crippen LogP contribution in [0.15, 0.2) is 42.5 Å². The molecule has 0 aliphatic carbocycles. The molecule has 29 heavy (non-hydrogen) atoms. The Kier molecular flexibility index (Phi) is 7.51. The number of amides is 1. The summed E-state index contributed by atoms with van der Waals surface area (Å²) in [5.74, 6) is -0.896. The van der Waals surface area contributed by atoms with Crippen molar-refractivity contribution in [3.05, 3.63) is 65.0 Å². The number of aryl methyl sites for hydroxylation is 2. The highest BCUT2D eigenvalue weighted by molar-refractivity contribution is 5.95. The molecular formula is C23H30FN2O3+. The van der Waals surface area contributed by atoms with Crippen molar-refractivity contribution in [2.75, 3.05) is 26.0 Å². The number of rotatable bonds is 8. The summed E-state index contributed by atoms with van der Waals surface area (Å²) in [6.45, 7) is 5.70. The number of likely N-dealkylation sites (N-methyl/N-ethyl adjacent to an activating group) is 1. The SMILES string of the molecule is CCC(C(=O)Nc1c(C)cc(F)cc1C)[N+](C)(C)CC(=O)OCc1ccccc1. The molecule has 1 atom stereocenters. The summed E-state index contributed by atoms with van der Waals surface area (Å²) < 4.78 is 19.1. The van der Waals surface area contributed by atoms with Crippen LogP contribution in [0.25, 0.3) is 0 Å². The van der Waals surface area contributed by atoms with Gasteiger partial charge in [0.15, 0.2) is 12.6 Å². The fourth-order valence-electron chi connectivity index (χ4n) is 3.54. The first-order valence-electron chi connectivity index (χ1n) is 9.74. The minimum atomic E-state index is -0.455. The average molecular weight is 402 g/mol. The van der Waals surface area contributed by atoms with Crippen molar-refractivity contribution in [3.8, 4) is 0 Å². The molecule has 2 aromatic carbocycles. The topological polar surface area (TPSA) is 55.4 Å². The Morgan fingerprint density at radius 3 is 2.24 bits per heavy atom. The van der Waals surface area contributed by atoms with Crippen LogP contribution in [0.4, 0.5) is 10.1 Å². The number of carbonyl (C=O) groups excluding carboxylic acids is 2. The van der Waals surface area contributed by atoms with E-state index >= 15 is 0 Å². The number of carbonyl (C=O) groups is 2. The summed E-state index contributed by atoms with van der Waals surface area (Å²) in [6.07, 6.45) is 0.546. The quantitative estimate of drug-likeness (QED) is 0.538. The third-order valence-electron chi connectivity index (χ3n) is 5.06. The van der Waals surface area contributed by atoms with Crippen LogP contribution in [0.5, 0.6) is 0 Å². The third kappa shape index (κ3) is 6.12. The van der Waals surface area contributed by atoms with Crippen LogP contribution in [-0.2, 0) is 20.9 Å². The highest BCUT2D eigenvalue weighted by Gasteiger charge is 2.36. The molecule has 0 bridgehead atoms. The normalized spacial score (nSPS) is 12.3. The monoisotopic (exact) mass is 401 g/mol. The molecule has 0 fully saturated rings. The second kappa shape index (κ2) is 9.65. The number of esters is 1. The Labute approximate surface area is 172 Å². The van der Waals surface area contributed by atoms with Gasteiger partial charge < -0.3 is 14.5 Å². The van der Waals surface area contributed by atoms with Crippen LogP contribution in [-0.4, -0.2) is 43.0 Å². The summed E-state index contributed by atoms with van der Waals surface area (Å²) >= 11 is 0. The molecule has 1 unspecified atom stereocenters. The van der Waals surface area contributed by atoms with Crippen molar-refractivity contribution < 1.29 is 23.2 Å². The zero-order valence-corrected chi connectivity index (χ0v) is 17.8. The van der Waals surface area contributed by atoms with E-state index in [1.807, 2.05) is 51.4 Å². The molecule has 2 rings (SSSR count). The van der Waals surface area contributed by atoms with Gasteiger partial charge in [-0.25, -0.2) is 9.18 Å². The third-order valence-corrected chi connectivity index (χ3v) is 5.06. The Hall–Kier alpha value is -2.73. The number of hydrogen-bond acceptors (Lipinski definition) is 3. The first kappa shape index (κ1) is 22.6. The van der Waals surface area contributed by atoms with Gasteiger partial charge in [0, 0.05) is 12.1 Å². The van der Waals surface area contributed by atoms with Gasteiger partial charge in [0.2, 0.25) is 0 Å². The maximum atomic E-state index is 13.5. The minimum absolute atomic E-state index is 0.0696. The zero-order valence-electron chi connectivity index (χ0n) is 17.8. The zero-order chi connectivity index (χ0) is 21.6. The van der Waals surface area contributed by atoms with Crippen LogP contribution in [0, 0.1) is 19.7 Å². The van der Waals surface area contributed by atoms with Gasteiger partial charge in [-0.15, -0.1) is 0 Å². The minimum Gasteiger partial charge on any atom is -0.457 e. The second-order valence-electron chi connectivity index (χ2n) is 7.91. The van der Waals surface area contributed by atoms with E-state index in [0.29, 0.717) is 23.2 Å². The first-order chi connectivity index (χ1) is 13.6. The van der Waals surface area contributed by atoms with E-state index in [1.54, 1.807) is 13.8 Å². The van der Waals surface area contributed by atoms with Crippen LogP contribution in [0.2, 0.25) is 0 Å². The van der Waals surface area contributed by atoms with Gasteiger partial charge >= 0.3 is 5.97 Å². The number of hydrogen-bond donors (Lipinski definition) is 1. The number of nitrogens with one attached hydrogen (secondary N) is 1. The molecule has 6 heteroatoms. The molecule has 0 saturated carbocycles. The fourth-order valence-corrected chi connectivity index (χ4v) is 3.54. The fraction of sp³-hybridized carbons (Fsp3) is 0.391. The van der Waals surface area contributed by atoms with Crippen LogP contribution in [0.1, 0.15) is 30.0 Å². The van der Waals surface area contributed by atoms with Crippen LogP contribution in [0.3, 0.4) is 0 Å². The van der Waals surface area contributed by atoms with E-state index in [2.05, 4.69) is 5.32 Å². The number of halogens is 1. The van der Waals surface area contributed by atoms with Crippen LogP contribution >= 0.6 is 0 Å². The molecule has 0 aliphatic rings. The molecule has 0 saturated heterocycles. The maximum Gasteiger partial charge on any atom is 0.362 e. The summed E-state index contributed by atoms with van der Waals surface area (Å²) in [5, 5.41) is 2.92. The molecule has 0 aromatic heterocycles. The highest BCUT2D eigenvalue weighted by atomic mass is 19.1. The Morgan fingerprint density at radius 2 is 1.69 bits per heavy atom. The van der Waals surface area contributed by atoms with Crippen molar-refractivity contribution in [2.24, 2.45) is 0 Å². The van der Waals surface area contributed by atoms with Gasteiger partial charge in [-0.1, -0.05) is 37.3 Å². The van der Waals surface area contributed by atoms with Gasteiger partial charge in [-0.2, -0.15) is 0 Å². The Bertz CT molecular complexity index is 843. The second-order valence-corrected chi connectivity index (χ2v) is 7.91. The summed E-state index contributed by atoms with van der Waals surface area (Å²) in [5.41, 5.74) is 2.86. The summed E-state index contributed by atoms with van der Waals surface area (Å²) in [7, 11) is 3.67. The van der Waals surface area contributed by atoms with Gasteiger partial charge in [-0.3, -0.25) is 4.79 Å². The Morgan fingerprint density at radius 1 is 1.10 bits per heavy atom. The van der Waals surface area contributed by atoms with Gasteiger partial charge in [0.05, 0.1) is 14.1 Å². The number of quaternary nitrogens is 1. The van der Waals surface area contributed by atoms with Gasteiger partial charge in [0.1, 0.15) is 12.4 Å². The van der Waals surface area contributed by atoms with E-state index in [4.69, 9.17) is 4.74 Å². The largest absolute Gasteiger partial charge is 0.457 e. The summed E-state index contributed by atoms with van der Waals surface area (Å²) in [4.78, 5) is 25.3. The Balaban J connectivity index is 2.04. The van der Waals surface area contributed by atoms with Gasteiger partial charge in [0.25, 0.3) is 5.91 Å². The van der Waals surface area contributed by atoms with Crippen molar-refractivity contribution in [3.63, 3.8) is 0 Å². The molecule has 0 heterocycles. The molecule has 0 aliphatic heterocycles. The predicted molar refractivity (Wildman–Crippen MR) is 112 cm³/mol. The predicted octanol–water partition coefficient (Wildman–Crippen LogP) is 3.98. The van der Waals surface area contributed by atoms with Gasteiger partial charge in [-0.05, 0) is 42.7 Å². The van der Waals surface area contributed by atoms with E-state index in [0.717, 1.165) is 5.56 Å². The molecule has 5 nitrogen and oxygen atoms in total. The maximum absolute atomic E-state index is 13.5.